The van der Waals surface area contributed by atoms with Crippen LogP contribution in [0, 0.1) is 10.1 Å². The van der Waals surface area contributed by atoms with E-state index >= 15 is 0 Å². The van der Waals surface area contributed by atoms with Gasteiger partial charge in [-0.2, -0.15) is 0 Å². The van der Waals surface area contributed by atoms with Crippen LogP contribution in [0.1, 0.15) is 23.7 Å². The predicted octanol–water partition coefficient (Wildman–Crippen LogP) is 2.72. The van der Waals surface area contributed by atoms with E-state index in [1.165, 1.54) is 11.3 Å². The first-order valence-corrected chi connectivity index (χ1v) is 6.05. The third-order valence-corrected chi connectivity index (χ3v) is 3.22. The lowest BCUT2D eigenvalue weighted by Crippen LogP contribution is -2.03. The van der Waals surface area contributed by atoms with Gasteiger partial charge in [-0.1, -0.05) is 23.7 Å². The largest absolute Gasteiger partial charge is 0.328 e. The monoisotopic (exact) mass is 281 g/mol. The molecule has 1 aliphatic heterocycles. The molecule has 1 unspecified atom stereocenters. The standard InChI is InChI=1S/C12H11ClN2.HNO3/c13-10-3-1-2-9(6-10)12-5-4-11-7-14-8-15(11)12;2-1(3)4/h1-3,6-8,12H,4-5H2;(H,2,3,4). The Bertz CT molecular complexity index is 581. The highest BCUT2D eigenvalue weighted by Crippen LogP contribution is 2.32. The highest BCUT2D eigenvalue weighted by molar-refractivity contribution is 6.30. The number of halogens is 1. The van der Waals surface area contributed by atoms with Crippen LogP contribution in [0.2, 0.25) is 5.02 Å². The van der Waals surface area contributed by atoms with Gasteiger partial charge in [-0.15, -0.1) is 10.1 Å². The van der Waals surface area contributed by atoms with Crippen molar-refractivity contribution in [2.24, 2.45) is 0 Å². The molecule has 1 aromatic carbocycles. The second-order valence-corrected chi connectivity index (χ2v) is 4.58. The predicted molar refractivity (Wildman–Crippen MR) is 68.9 cm³/mol. The Morgan fingerprint density at radius 1 is 1.53 bits per heavy atom. The van der Waals surface area contributed by atoms with Gasteiger partial charge in [0.15, 0.2) is 0 Å². The summed E-state index contributed by atoms with van der Waals surface area (Å²) in [6.45, 7) is 0. The van der Waals surface area contributed by atoms with Crippen molar-refractivity contribution in [1.82, 2.24) is 9.55 Å². The molecular weight excluding hydrogens is 270 g/mol. The van der Waals surface area contributed by atoms with Gasteiger partial charge in [-0.3, -0.25) is 0 Å². The molecule has 3 rings (SSSR count). The number of aromatic nitrogens is 2. The molecule has 0 aliphatic carbocycles. The lowest BCUT2D eigenvalue weighted by atomic mass is 10.1. The molecule has 1 aromatic heterocycles. The lowest BCUT2D eigenvalue weighted by Gasteiger charge is -2.13. The summed E-state index contributed by atoms with van der Waals surface area (Å²) in [6.07, 6.45) is 6.12. The molecule has 1 aliphatic rings. The third-order valence-electron chi connectivity index (χ3n) is 2.99. The number of fused-ring (bicyclic) bond motifs is 1. The van der Waals surface area contributed by atoms with Gasteiger partial charge < -0.3 is 9.77 Å². The summed E-state index contributed by atoms with van der Waals surface area (Å²) in [4.78, 5) is 12.5. The summed E-state index contributed by atoms with van der Waals surface area (Å²) in [7, 11) is 0. The summed E-state index contributed by atoms with van der Waals surface area (Å²) in [5.41, 5.74) is 2.60. The van der Waals surface area contributed by atoms with Crippen molar-refractivity contribution in [1.29, 1.82) is 0 Å². The van der Waals surface area contributed by atoms with Crippen LogP contribution in [0.15, 0.2) is 36.8 Å². The molecule has 0 bridgehead atoms. The molecule has 6 nitrogen and oxygen atoms in total. The van der Waals surface area contributed by atoms with Crippen LogP contribution in [-0.2, 0) is 6.42 Å². The summed E-state index contributed by atoms with van der Waals surface area (Å²) in [6, 6.07) is 8.51. The Morgan fingerprint density at radius 2 is 2.26 bits per heavy atom. The molecule has 2 aromatic rings. The summed E-state index contributed by atoms with van der Waals surface area (Å²) >= 11 is 6.00. The van der Waals surface area contributed by atoms with Gasteiger partial charge in [0.25, 0.3) is 5.09 Å². The average Bonchev–Trinajstić information content (AvgIpc) is 2.89. The van der Waals surface area contributed by atoms with Crippen LogP contribution in [0.25, 0.3) is 0 Å². The van der Waals surface area contributed by atoms with Crippen LogP contribution in [0.5, 0.6) is 0 Å². The van der Waals surface area contributed by atoms with E-state index in [0.29, 0.717) is 6.04 Å². The van der Waals surface area contributed by atoms with Crippen molar-refractivity contribution in [3.05, 3.63) is 63.2 Å². The molecule has 0 radical (unpaired) electrons. The summed E-state index contributed by atoms with van der Waals surface area (Å²) in [5, 5.41) is 14.4. The van der Waals surface area contributed by atoms with E-state index in [2.05, 4.69) is 15.6 Å². The molecule has 1 N–H and O–H groups in total. The molecule has 100 valence electrons. The van der Waals surface area contributed by atoms with Gasteiger partial charge >= 0.3 is 0 Å². The number of benzene rings is 1. The Morgan fingerprint density at radius 3 is 2.95 bits per heavy atom. The first-order chi connectivity index (χ1) is 9.08. The van der Waals surface area contributed by atoms with E-state index in [1.54, 1.807) is 0 Å². The molecule has 0 spiro atoms. The SMILES string of the molecule is Clc1cccc(C2CCc3cncn32)c1.O=[N+]([O-])O. The van der Waals surface area contributed by atoms with Crippen molar-refractivity contribution < 1.29 is 10.3 Å². The third kappa shape index (κ3) is 3.23. The van der Waals surface area contributed by atoms with Gasteiger partial charge in [0, 0.05) is 16.9 Å². The Balaban J connectivity index is 0.000000297. The van der Waals surface area contributed by atoms with Crippen molar-refractivity contribution in [2.45, 2.75) is 18.9 Å². The maximum absolute atomic E-state index is 8.36. The Hall–Kier alpha value is -2.08. The highest BCUT2D eigenvalue weighted by atomic mass is 35.5. The van der Waals surface area contributed by atoms with Gasteiger partial charge in [0.05, 0.1) is 12.4 Å². The van der Waals surface area contributed by atoms with E-state index in [-0.39, 0.29) is 0 Å². The molecular formula is C12H12ClN3O3. The number of hydrogen-bond donors (Lipinski definition) is 1. The zero-order chi connectivity index (χ0) is 13.8. The van der Waals surface area contributed by atoms with Crippen LogP contribution >= 0.6 is 11.6 Å². The summed E-state index contributed by atoms with van der Waals surface area (Å²) in [5.74, 6) is 0. The van der Waals surface area contributed by atoms with Gasteiger partial charge in [-0.05, 0) is 30.5 Å². The normalized spacial score (nSPS) is 16.4. The number of rotatable bonds is 1. The summed E-state index contributed by atoms with van der Waals surface area (Å²) < 4.78 is 2.24. The van der Waals surface area contributed by atoms with Crippen molar-refractivity contribution >= 4 is 11.6 Å². The van der Waals surface area contributed by atoms with E-state index in [1.807, 2.05) is 30.7 Å². The van der Waals surface area contributed by atoms with E-state index < -0.39 is 5.09 Å². The van der Waals surface area contributed by atoms with Crippen molar-refractivity contribution in [3.63, 3.8) is 0 Å². The fourth-order valence-corrected chi connectivity index (χ4v) is 2.47. The molecule has 1 atom stereocenters. The Kier molecular flexibility index (Phi) is 4.01. The number of hydrogen-bond acceptors (Lipinski definition) is 3. The first kappa shape index (κ1) is 13.4. The molecule has 7 heteroatoms. The second kappa shape index (κ2) is 5.71. The smallest absolute Gasteiger partial charge is 0.291 e. The zero-order valence-electron chi connectivity index (χ0n) is 9.94. The van der Waals surface area contributed by atoms with Gasteiger partial charge in [-0.25, -0.2) is 4.98 Å². The van der Waals surface area contributed by atoms with E-state index in [0.717, 1.165) is 17.9 Å². The fourth-order valence-electron chi connectivity index (χ4n) is 2.27. The van der Waals surface area contributed by atoms with Crippen LogP contribution in [-0.4, -0.2) is 19.8 Å². The number of imidazole rings is 1. The Labute approximate surface area is 114 Å². The zero-order valence-corrected chi connectivity index (χ0v) is 10.7. The van der Waals surface area contributed by atoms with Crippen LogP contribution < -0.4 is 0 Å². The number of nitrogens with zero attached hydrogens (tertiary/aromatic N) is 3. The average molecular weight is 282 g/mol. The van der Waals surface area contributed by atoms with E-state index in [9.17, 15) is 0 Å². The van der Waals surface area contributed by atoms with Crippen LogP contribution in [0.4, 0.5) is 0 Å². The van der Waals surface area contributed by atoms with Crippen LogP contribution in [0.3, 0.4) is 0 Å². The molecule has 0 amide bonds. The first-order valence-electron chi connectivity index (χ1n) is 5.67. The lowest BCUT2D eigenvalue weighted by molar-refractivity contribution is -0.742. The van der Waals surface area contributed by atoms with Crippen molar-refractivity contribution in [2.75, 3.05) is 0 Å². The molecule has 0 fully saturated rings. The number of aryl methyl sites for hydroxylation is 1. The molecule has 19 heavy (non-hydrogen) atoms. The highest BCUT2D eigenvalue weighted by Gasteiger charge is 2.22. The minimum absolute atomic E-state index is 0.418. The maximum Gasteiger partial charge on any atom is 0.291 e. The molecule has 2 heterocycles. The fraction of sp³-hybridized carbons (Fsp3) is 0.250. The quantitative estimate of drug-likeness (QED) is 0.644. The maximum atomic E-state index is 8.36. The molecule has 0 saturated carbocycles. The van der Waals surface area contributed by atoms with Gasteiger partial charge in [0.2, 0.25) is 0 Å². The molecule has 0 saturated heterocycles. The minimum Gasteiger partial charge on any atom is -0.328 e. The van der Waals surface area contributed by atoms with E-state index in [4.69, 9.17) is 26.9 Å². The topological polar surface area (TPSA) is 81.2 Å². The van der Waals surface area contributed by atoms with Crippen molar-refractivity contribution in [3.8, 4) is 0 Å². The second-order valence-electron chi connectivity index (χ2n) is 4.14. The van der Waals surface area contributed by atoms with Gasteiger partial charge in [0.1, 0.15) is 0 Å². The minimum atomic E-state index is -1.50.